The summed E-state index contributed by atoms with van der Waals surface area (Å²) in [6.45, 7) is 6.84. The molecule has 0 amide bonds. The van der Waals surface area contributed by atoms with E-state index >= 15 is 0 Å². The lowest BCUT2D eigenvalue weighted by atomic mass is 10.1. The van der Waals surface area contributed by atoms with Gasteiger partial charge in [0.2, 0.25) is 0 Å². The second kappa shape index (κ2) is 5.50. The zero-order valence-corrected chi connectivity index (χ0v) is 10.7. The molecule has 2 nitrogen and oxygen atoms in total. The third-order valence-electron chi connectivity index (χ3n) is 3.45. The molecule has 94 valence electrons. The fourth-order valence-electron chi connectivity index (χ4n) is 2.45. The van der Waals surface area contributed by atoms with Crippen LogP contribution in [0, 0.1) is 5.82 Å². The summed E-state index contributed by atoms with van der Waals surface area (Å²) in [7, 11) is 0. The molecule has 0 aromatic heterocycles. The Labute approximate surface area is 103 Å². The van der Waals surface area contributed by atoms with Crippen LogP contribution in [0.1, 0.15) is 32.3 Å². The van der Waals surface area contributed by atoms with E-state index in [1.54, 1.807) is 6.07 Å². The van der Waals surface area contributed by atoms with Gasteiger partial charge in [0.05, 0.1) is 5.69 Å². The van der Waals surface area contributed by atoms with Crippen LogP contribution in [-0.4, -0.2) is 19.1 Å². The molecular formula is C14H21FN2. The molecule has 1 aliphatic rings. The fourth-order valence-corrected chi connectivity index (χ4v) is 2.45. The molecule has 1 fully saturated rings. The molecule has 1 heterocycles. The van der Waals surface area contributed by atoms with Crippen LogP contribution < -0.4 is 10.2 Å². The van der Waals surface area contributed by atoms with Gasteiger partial charge in [-0.25, -0.2) is 4.39 Å². The summed E-state index contributed by atoms with van der Waals surface area (Å²) in [4.78, 5) is 2.17. The quantitative estimate of drug-likeness (QED) is 0.864. The Morgan fingerprint density at radius 2 is 2.29 bits per heavy atom. The van der Waals surface area contributed by atoms with Gasteiger partial charge in [-0.05, 0) is 44.0 Å². The molecule has 0 bridgehead atoms. The third kappa shape index (κ3) is 2.78. The lowest BCUT2D eigenvalue weighted by Crippen LogP contribution is -2.27. The second-order valence-electron chi connectivity index (χ2n) is 4.75. The standard InChI is InChI=1S/C14H21FN2/c1-3-16-10-12-6-7-14(13(15)9-12)17-8-4-5-11(17)2/h6-7,9,11,16H,3-5,8,10H2,1-2H3. The molecule has 1 aromatic rings. The first-order valence-electron chi connectivity index (χ1n) is 6.48. The summed E-state index contributed by atoms with van der Waals surface area (Å²) < 4.78 is 14.0. The smallest absolute Gasteiger partial charge is 0.146 e. The van der Waals surface area contributed by atoms with Crippen LogP contribution in [0.2, 0.25) is 0 Å². The van der Waals surface area contributed by atoms with Gasteiger partial charge in [-0.3, -0.25) is 0 Å². The molecule has 0 aliphatic carbocycles. The van der Waals surface area contributed by atoms with Crippen molar-refractivity contribution in [1.29, 1.82) is 0 Å². The van der Waals surface area contributed by atoms with Crippen LogP contribution in [0.15, 0.2) is 18.2 Å². The van der Waals surface area contributed by atoms with E-state index in [0.717, 1.165) is 30.9 Å². The van der Waals surface area contributed by atoms with E-state index in [-0.39, 0.29) is 5.82 Å². The lowest BCUT2D eigenvalue weighted by Gasteiger charge is -2.24. The van der Waals surface area contributed by atoms with E-state index in [4.69, 9.17) is 0 Å². The van der Waals surface area contributed by atoms with E-state index in [2.05, 4.69) is 24.1 Å². The molecule has 2 rings (SSSR count). The Morgan fingerprint density at radius 1 is 1.47 bits per heavy atom. The van der Waals surface area contributed by atoms with Gasteiger partial charge < -0.3 is 10.2 Å². The Bertz CT molecular complexity index is 378. The summed E-state index contributed by atoms with van der Waals surface area (Å²) in [5.74, 6) is -0.0887. The summed E-state index contributed by atoms with van der Waals surface area (Å²) in [6, 6.07) is 6.06. The number of hydrogen-bond acceptors (Lipinski definition) is 2. The highest BCUT2D eigenvalue weighted by atomic mass is 19.1. The largest absolute Gasteiger partial charge is 0.366 e. The number of hydrogen-bond donors (Lipinski definition) is 1. The number of rotatable bonds is 4. The maximum Gasteiger partial charge on any atom is 0.146 e. The molecule has 1 unspecified atom stereocenters. The fraction of sp³-hybridized carbons (Fsp3) is 0.571. The van der Waals surface area contributed by atoms with Crippen LogP contribution in [-0.2, 0) is 6.54 Å². The Kier molecular flexibility index (Phi) is 4.00. The molecule has 3 heteroatoms. The van der Waals surface area contributed by atoms with Crippen molar-refractivity contribution in [1.82, 2.24) is 5.32 Å². The molecule has 0 spiro atoms. The maximum absolute atomic E-state index is 14.0. The van der Waals surface area contributed by atoms with Gasteiger partial charge >= 0.3 is 0 Å². The van der Waals surface area contributed by atoms with E-state index in [1.165, 1.54) is 12.8 Å². The minimum absolute atomic E-state index is 0.0887. The third-order valence-corrected chi connectivity index (χ3v) is 3.45. The van der Waals surface area contributed by atoms with Gasteiger partial charge in [-0.1, -0.05) is 13.0 Å². The number of halogens is 1. The summed E-state index contributed by atoms with van der Waals surface area (Å²) in [5.41, 5.74) is 1.77. The van der Waals surface area contributed by atoms with Crippen molar-refractivity contribution >= 4 is 5.69 Å². The highest BCUT2D eigenvalue weighted by molar-refractivity contribution is 5.50. The number of nitrogens with zero attached hydrogens (tertiary/aromatic N) is 1. The number of nitrogens with one attached hydrogen (secondary N) is 1. The average Bonchev–Trinajstić information content (AvgIpc) is 2.73. The first kappa shape index (κ1) is 12.4. The van der Waals surface area contributed by atoms with E-state index in [1.807, 2.05) is 12.1 Å². The molecule has 1 N–H and O–H groups in total. The predicted molar refractivity (Wildman–Crippen MR) is 69.8 cm³/mol. The van der Waals surface area contributed by atoms with E-state index in [9.17, 15) is 4.39 Å². The summed E-state index contributed by atoms with van der Waals surface area (Å²) in [5, 5.41) is 3.21. The maximum atomic E-state index is 14.0. The minimum atomic E-state index is -0.0887. The van der Waals surface area contributed by atoms with Gasteiger partial charge in [0.15, 0.2) is 0 Å². The monoisotopic (exact) mass is 236 g/mol. The Hall–Kier alpha value is -1.09. The van der Waals surface area contributed by atoms with E-state index < -0.39 is 0 Å². The van der Waals surface area contributed by atoms with Crippen molar-refractivity contribution in [2.45, 2.75) is 39.3 Å². The van der Waals surface area contributed by atoms with Crippen LogP contribution in [0.3, 0.4) is 0 Å². The highest BCUT2D eigenvalue weighted by Crippen LogP contribution is 2.28. The molecule has 1 aromatic carbocycles. The van der Waals surface area contributed by atoms with Crippen molar-refractivity contribution in [2.24, 2.45) is 0 Å². The van der Waals surface area contributed by atoms with Gasteiger partial charge in [-0.15, -0.1) is 0 Å². The minimum Gasteiger partial charge on any atom is -0.366 e. The molecule has 0 radical (unpaired) electrons. The predicted octanol–water partition coefficient (Wildman–Crippen LogP) is 2.92. The molecule has 1 saturated heterocycles. The molecule has 1 atom stereocenters. The van der Waals surface area contributed by atoms with Crippen LogP contribution in [0.4, 0.5) is 10.1 Å². The van der Waals surface area contributed by atoms with Gasteiger partial charge in [0.25, 0.3) is 0 Å². The van der Waals surface area contributed by atoms with Gasteiger partial charge in [0, 0.05) is 19.1 Å². The molecule has 17 heavy (non-hydrogen) atoms. The zero-order chi connectivity index (χ0) is 12.3. The average molecular weight is 236 g/mol. The van der Waals surface area contributed by atoms with Crippen LogP contribution >= 0.6 is 0 Å². The lowest BCUT2D eigenvalue weighted by molar-refractivity contribution is 0.608. The normalized spacial score (nSPS) is 19.9. The summed E-state index contributed by atoms with van der Waals surface area (Å²) in [6.07, 6.45) is 2.33. The van der Waals surface area contributed by atoms with E-state index in [0.29, 0.717) is 6.04 Å². The van der Waals surface area contributed by atoms with Crippen molar-refractivity contribution in [3.8, 4) is 0 Å². The SMILES string of the molecule is CCNCc1ccc(N2CCCC2C)c(F)c1. The van der Waals surface area contributed by atoms with Crippen molar-refractivity contribution in [3.63, 3.8) is 0 Å². The van der Waals surface area contributed by atoms with Crippen molar-refractivity contribution < 1.29 is 4.39 Å². The topological polar surface area (TPSA) is 15.3 Å². The zero-order valence-electron chi connectivity index (χ0n) is 10.7. The van der Waals surface area contributed by atoms with Crippen molar-refractivity contribution in [2.75, 3.05) is 18.0 Å². The number of benzene rings is 1. The first-order valence-corrected chi connectivity index (χ1v) is 6.48. The molecule has 0 saturated carbocycles. The van der Waals surface area contributed by atoms with Gasteiger partial charge in [0.1, 0.15) is 5.82 Å². The Morgan fingerprint density at radius 3 is 2.88 bits per heavy atom. The molecular weight excluding hydrogens is 215 g/mol. The molecule has 1 aliphatic heterocycles. The summed E-state index contributed by atoms with van der Waals surface area (Å²) >= 11 is 0. The van der Waals surface area contributed by atoms with Gasteiger partial charge in [-0.2, -0.15) is 0 Å². The first-order chi connectivity index (χ1) is 8.22. The second-order valence-corrected chi connectivity index (χ2v) is 4.75. The Balaban J connectivity index is 2.13. The number of anilines is 1. The highest BCUT2D eigenvalue weighted by Gasteiger charge is 2.22. The van der Waals surface area contributed by atoms with Crippen LogP contribution in [0.25, 0.3) is 0 Å². The van der Waals surface area contributed by atoms with Crippen molar-refractivity contribution in [3.05, 3.63) is 29.6 Å². The van der Waals surface area contributed by atoms with Crippen LogP contribution in [0.5, 0.6) is 0 Å².